The molecular weight excluding hydrogens is 310 g/mol. The molecule has 0 radical (unpaired) electrons. The van der Waals surface area contributed by atoms with Crippen LogP contribution < -0.4 is 4.74 Å². The Morgan fingerprint density at radius 3 is 2.67 bits per heavy atom. The average Bonchev–Trinajstić information content (AvgIpc) is 3.21. The number of rotatable bonds is 5. The monoisotopic (exact) mass is 329 g/mol. The molecule has 1 N–H and O–H groups in total. The second-order valence-electron chi connectivity index (χ2n) is 6.21. The van der Waals surface area contributed by atoms with E-state index in [4.69, 9.17) is 9.15 Å². The molecule has 1 aromatic heterocycles. The predicted octanol–water partition coefficient (Wildman–Crippen LogP) is 2.80. The van der Waals surface area contributed by atoms with Gasteiger partial charge >= 0.3 is 5.97 Å². The molecule has 126 valence electrons. The Morgan fingerprint density at radius 2 is 2.00 bits per heavy atom. The van der Waals surface area contributed by atoms with E-state index in [1.165, 1.54) is 4.90 Å². The normalized spacial score (nSPS) is 20.1. The van der Waals surface area contributed by atoms with E-state index in [1.54, 1.807) is 19.1 Å². The lowest BCUT2D eigenvalue weighted by Crippen LogP contribution is -2.34. The van der Waals surface area contributed by atoms with E-state index < -0.39 is 11.4 Å². The summed E-state index contributed by atoms with van der Waals surface area (Å²) < 4.78 is 11.1. The minimum absolute atomic E-state index is 0.192. The highest BCUT2D eigenvalue weighted by molar-refractivity contribution is 5.92. The van der Waals surface area contributed by atoms with Gasteiger partial charge in [0.2, 0.25) is 0 Å². The molecule has 1 saturated heterocycles. The topological polar surface area (TPSA) is 80.0 Å². The van der Waals surface area contributed by atoms with E-state index in [-0.39, 0.29) is 24.8 Å². The number of para-hydroxylation sites is 1. The number of carboxylic acid groups (broad SMARTS) is 1. The zero-order chi connectivity index (χ0) is 17.2. The molecule has 1 amide bonds. The number of carbonyl (C=O) groups is 2. The molecule has 24 heavy (non-hydrogen) atoms. The molecule has 2 aromatic rings. The summed E-state index contributed by atoms with van der Waals surface area (Å²) in [4.78, 5) is 25.2. The molecule has 1 aliphatic rings. The highest BCUT2D eigenvalue weighted by Gasteiger charge is 2.42. The van der Waals surface area contributed by atoms with Crippen molar-refractivity contribution < 1.29 is 23.8 Å². The minimum Gasteiger partial charge on any atom is -0.486 e. The Morgan fingerprint density at radius 1 is 1.25 bits per heavy atom. The first kappa shape index (κ1) is 16.1. The van der Waals surface area contributed by atoms with Gasteiger partial charge in [-0.05, 0) is 37.6 Å². The Kier molecular flexibility index (Phi) is 4.29. The Hall–Kier alpha value is -2.76. The lowest BCUT2D eigenvalue weighted by molar-refractivity contribution is -0.147. The van der Waals surface area contributed by atoms with Crippen LogP contribution in [-0.4, -0.2) is 35.0 Å². The van der Waals surface area contributed by atoms with Crippen molar-refractivity contribution in [2.75, 3.05) is 13.1 Å². The summed E-state index contributed by atoms with van der Waals surface area (Å²) >= 11 is 0. The van der Waals surface area contributed by atoms with Gasteiger partial charge < -0.3 is 19.2 Å². The molecule has 1 fully saturated rings. The van der Waals surface area contributed by atoms with Crippen molar-refractivity contribution in [2.45, 2.75) is 20.0 Å². The molecule has 0 unspecified atom stereocenters. The number of benzene rings is 1. The fourth-order valence-corrected chi connectivity index (χ4v) is 2.71. The summed E-state index contributed by atoms with van der Waals surface area (Å²) in [6.07, 6.45) is 0.443. The number of aliphatic carboxylic acids is 1. The van der Waals surface area contributed by atoms with Gasteiger partial charge in [-0.2, -0.15) is 0 Å². The van der Waals surface area contributed by atoms with Crippen molar-refractivity contribution in [3.63, 3.8) is 0 Å². The zero-order valence-corrected chi connectivity index (χ0v) is 13.4. The third-order valence-corrected chi connectivity index (χ3v) is 4.27. The van der Waals surface area contributed by atoms with Crippen molar-refractivity contribution in [3.05, 3.63) is 54.0 Å². The summed E-state index contributed by atoms with van der Waals surface area (Å²) in [6.45, 7) is 2.49. The van der Waals surface area contributed by atoms with Gasteiger partial charge in [0.05, 0.1) is 5.41 Å². The van der Waals surface area contributed by atoms with Crippen LogP contribution in [0.25, 0.3) is 0 Å². The predicted molar refractivity (Wildman–Crippen MR) is 85.7 cm³/mol. The van der Waals surface area contributed by atoms with Crippen molar-refractivity contribution in [1.82, 2.24) is 4.90 Å². The van der Waals surface area contributed by atoms with Crippen LogP contribution in [0.3, 0.4) is 0 Å². The molecule has 6 nitrogen and oxygen atoms in total. The van der Waals surface area contributed by atoms with E-state index >= 15 is 0 Å². The Labute approximate surface area is 139 Å². The van der Waals surface area contributed by atoms with Crippen LogP contribution in [0.4, 0.5) is 0 Å². The van der Waals surface area contributed by atoms with Gasteiger partial charge in [0.15, 0.2) is 5.76 Å². The molecule has 0 spiro atoms. The second kappa shape index (κ2) is 6.39. The van der Waals surface area contributed by atoms with E-state index in [9.17, 15) is 14.7 Å². The summed E-state index contributed by atoms with van der Waals surface area (Å²) in [5.74, 6) is 0.303. The molecule has 2 heterocycles. The third kappa shape index (κ3) is 3.27. The first-order valence-corrected chi connectivity index (χ1v) is 7.77. The number of likely N-dealkylation sites (tertiary alicyclic amines) is 1. The maximum atomic E-state index is 12.4. The molecule has 3 rings (SSSR count). The smallest absolute Gasteiger partial charge is 0.311 e. The fourth-order valence-electron chi connectivity index (χ4n) is 2.71. The second-order valence-corrected chi connectivity index (χ2v) is 6.21. The standard InChI is InChI=1S/C18H19NO5/c1-18(17(21)22)9-10-19(12-18)16(20)15-8-7-14(24-15)11-23-13-5-3-2-4-6-13/h2-8H,9-12H2,1H3,(H,21,22)/t18-/m0/s1. The lowest BCUT2D eigenvalue weighted by Gasteiger charge is -2.19. The number of nitrogens with zero attached hydrogens (tertiary/aromatic N) is 1. The van der Waals surface area contributed by atoms with Crippen molar-refractivity contribution in [1.29, 1.82) is 0 Å². The maximum absolute atomic E-state index is 12.4. The quantitative estimate of drug-likeness (QED) is 0.912. The summed E-state index contributed by atoms with van der Waals surface area (Å²) in [5, 5.41) is 9.25. The molecule has 6 heteroatoms. The van der Waals surface area contributed by atoms with Gasteiger partial charge in [0.25, 0.3) is 5.91 Å². The maximum Gasteiger partial charge on any atom is 0.311 e. The molecule has 0 saturated carbocycles. The number of furan rings is 1. The van der Waals surface area contributed by atoms with Crippen molar-refractivity contribution >= 4 is 11.9 Å². The highest BCUT2D eigenvalue weighted by atomic mass is 16.5. The lowest BCUT2D eigenvalue weighted by atomic mass is 9.90. The largest absolute Gasteiger partial charge is 0.486 e. The fraction of sp³-hybridized carbons (Fsp3) is 0.333. The SMILES string of the molecule is C[C@]1(C(=O)O)CCN(C(=O)c2ccc(COc3ccccc3)o2)C1. The van der Waals surface area contributed by atoms with Crippen LogP contribution in [0.5, 0.6) is 5.75 Å². The van der Waals surface area contributed by atoms with Crippen molar-refractivity contribution in [3.8, 4) is 5.75 Å². The van der Waals surface area contributed by atoms with Crippen LogP contribution in [0.2, 0.25) is 0 Å². The number of amides is 1. The van der Waals surface area contributed by atoms with Crippen LogP contribution >= 0.6 is 0 Å². The van der Waals surface area contributed by atoms with Gasteiger partial charge in [-0.15, -0.1) is 0 Å². The van der Waals surface area contributed by atoms with Gasteiger partial charge in [-0.1, -0.05) is 18.2 Å². The Bertz CT molecular complexity index is 739. The van der Waals surface area contributed by atoms with Gasteiger partial charge in [0, 0.05) is 13.1 Å². The van der Waals surface area contributed by atoms with Gasteiger partial charge in [-0.3, -0.25) is 9.59 Å². The van der Waals surface area contributed by atoms with E-state index in [2.05, 4.69) is 0 Å². The number of carbonyl (C=O) groups excluding carboxylic acids is 1. The molecular formula is C18H19NO5. The van der Waals surface area contributed by atoms with E-state index in [0.29, 0.717) is 18.7 Å². The zero-order valence-electron chi connectivity index (χ0n) is 13.4. The average molecular weight is 329 g/mol. The summed E-state index contributed by atoms with van der Waals surface area (Å²) in [7, 11) is 0. The Balaban J connectivity index is 1.61. The highest BCUT2D eigenvalue weighted by Crippen LogP contribution is 2.31. The van der Waals surface area contributed by atoms with E-state index in [0.717, 1.165) is 5.75 Å². The van der Waals surface area contributed by atoms with Crippen LogP contribution in [0.15, 0.2) is 46.9 Å². The van der Waals surface area contributed by atoms with Crippen molar-refractivity contribution in [2.24, 2.45) is 5.41 Å². The number of ether oxygens (including phenoxy) is 1. The van der Waals surface area contributed by atoms with Gasteiger partial charge in [-0.25, -0.2) is 0 Å². The van der Waals surface area contributed by atoms with Crippen LogP contribution in [0.1, 0.15) is 29.7 Å². The molecule has 0 bridgehead atoms. The first-order valence-electron chi connectivity index (χ1n) is 7.77. The summed E-state index contributed by atoms with van der Waals surface area (Å²) in [6, 6.07) is 12.6. The van der Waals surface area contributed by atoms with Crippen LogP contribution in [0, 0.1) is 5.41 Å². The van der Waals surface area contributed by atoms with Crippen LogP contribution in [-0.2, 0) is 11.4 Å². The third-order valence-electron chi connectivity index (χ3n) is 4.27. The molecule has 1 atom stereocenters. The molecule has 0 aliphatic carbocycles. The number of hydrogen-bond donors (Lipinski definition) is 1. The summed E-state index contributed by atoms with van der Waals surface area (Å²) in [5.41, 5.74) is -0.887. The minimum atomic E-state index is -0.887. The number of hydrogen-bond acceptors (Lipinski definition) is 4. The molecule has 1 aromatic carbocycles. The number of carboxylic acids is 1. The van der Waals surface area contributed by atoms with Gasteiger partial charge in [0.1, 0.15) is 18.1 Å². The first-order chi connectivity index (χ1) is 11.5. The van der Waals surface area contributed by atoms with E-state index in [1.807, 2.05) is 30.3 Å². The molecule has 1 aliphatic heterocycles.